The first kappa shape index (κ1) is 16.4. The summed E-state index contributed by atoms with van der Waals surface area (Å²) in [6.07, 6.45) is 3.02. The van der Waals surface area contributed by atoms with Gasteiger partial charge in [-0.25, -0.2) is 9.97 Å². The van der Waals surface area contributed by atoms with E-state index >= 15 is 0 Å². The number of anilines is 2. The number of amides is 1. The molecule has 2 N–H and O–H groups in total. The molecular formula is C15H18BrN5O. The van der Waals surface area contributed by atoms with Crippen molar-refractivity contribution in [1.82, 2.24) is 20.2 Å². The molecule has 0 saturated carbocycles. The second-order valence-electron chi connectivity index (χ2n) is 4.99. The SMILES string of the molecule is CN(C)CCNC(=O)c1cnc(Nc2cccc(Br)c2)nc1. The molecule has 0 bridgehead atoms. The largest absolute Gasteiger partial charge is 0.351 e. The Morgan fingerprint density at radius 2 is 2.00 bits per heavy atom. The Morgan fingerprint density at radius 1 is 1.27 bits per heavy atom. The summed E-state index contributed by atoms with van der Waals surface area (Å²) >= 11 is 3.40. The third-order valence-electron chi connectivity index (χ3n) is 2.84. The van der Waals surface area contributed by atoms with E-state index < -0.39 is 0 Å². The average molecular weight is 364 g/mol. The summed E-state index contributed by atoms with van der Waals surface area (Å²) in [6.45, 7) is 1.37. The van der Waals surface area contributed by atoms with E-state index in [2.05, 4.69) is 36.5 Å². The van der Waals surface area contributed by atoms with Gasteiger partial charge in [-0.05, 0) is 32.3 Å². The van der Waals surface area contributed by atoms with Crippen LogP contribution in [0.5, 0.6) is 0 Å². The third kappa shape index (κ3) is 5.09. The molecule has 0 unspecified atom stereocenters. The molecule has 1 aromatic carbocycles. The maximum absolute atomic E-state index is 11.9. The zero-order chi connectivity index (χ0) is 15.9. The topological polar surface area (TPSA) is 70.2 Å². The van der Waals surface area contributed by atoms with Crippen LogP contribution in [0.2, 0.25) is 0 Å². The molecule has 7 heteroatoms. The smallest absolute Gasteiger partial charge is 0.254 e. The van der Waals surface area contributed by atoms with Crippen LogP contribution in [0.1, 0.15) is 10.4 Å². The summed E-state index contributed by atoms with van der Waals surface area (Å²) < 4.78 is 0.967. The van der Waals surface area contributed by atoms with Crippen molar-refractivity contribution in [3.8, 4) is 0 Å². The number of likely N-dealkylation sites (N-methyl/N-ethyl adjacent to an activating group) is 1. The standard InChI is InChI=1S/C15H18BrN5O/c1-21(2)7-6-17-14(22)11-9-18-15(19-10-11)20-13-5-3-4-12(16)8-13/h3-5,8-10H,6-7H2,1-2H3,(H,17,22)(H,18,19,20). The van der Waals surface area contributed by atoms with Crippen LogP contribution in [0.25, 0.3) is 0 Å². The molecule has 1 heterocycles. The van der Waals surface area contributed by atoms with Crippen molar-refractivity contribution in [2.75, 3.05) is 32.5 Å². The maximum atomic E-state index is 11.9. The van der Waals surface area contributed by atoms with Gasteiger partial charge >= 0.3 is 0 Å². The number of nitrogens with zero attached hydrogens (tertiary/aromatic N) is 3. The van der Waals surface area contributed by atoms with Gasteiger partial charge in [0.15, 0.2) is 0 Å². The molecule has 6 nitrogen and oxygen atoms in total. The predicted octanol–water partition coefficient (Wildman–Crippen LogP) is 2.27. The van der Waals surface area contributed by atoms with E-state index in [1.165, 1.54) is 12.4 Å². The van der Waals surface area contributed by atoms with E-state index in [1.54, 1.807) is 0 Å². The molecule has 0 fully saturated rings. The van der Waals surface area contributed by atoms with E-state index in [-0.39, 0.29) is 5.91 Å². The Kier molecular flexibility index (Phi) is 5.85. The maximum Gasteiger partial charge on any atom is 0.254 e. The van der Waals surface area contributed by atoms with E-state index in [0.29, 0.717) is 18.1 Å². The van der Waals surface area contributed by atoms with Gasteiger partial charge in [0.05, 0.1) is 5.56 Å². The van der Waals surface area contributed by atoms with Gasteiger partial charge in [-0.3, -0.25) is 4.79 Å². The van der Waals surface area contributed by atoms with Crippen molar-refractivity contribution in [2.24, 2.45) is 0 Å². The summed E-state index contributed by atoms with van der Waals surface area (Å²) in [7, 11) is 3.91. The van der Waals surface area contributed by atoms with E-state index in [1.807, 2.05) is 43.3 Å². The lowest BCUT2D eigenvalue weighted by molar-refractivity contribution is 0.0950. The minimum Gasteiger partial charge on any atom is -0.351 e. The van der Waals surface area contributed by atoms with Gasteiger partial charge in [-0.2, -0.15) is 0 Å². The molecule has 0 aliphatic carbocycles. The highest BCUT2D eigenvalue weighted by Gasteiger charge is 2.07. The summed E-state index contributed by atoms with van der Waals surface area (Å²) in [4.78, 5) is 22.2. The van der Waals surface area contributed by atoms with Crippen LogP contribution in [0.15, 0.2) is 41.1 Å². The number of carbonyl (C=O) groups excluding carboxylic acids is 1. The fourth-order valence-corrected chi connectivity index (χ4v) is 2.10. The number of hydrogen-bond acceptors (Lipinski definition) is 5. The summed E-state index contributed by atoms with van der Waals surface area (Å²) in [5.74, 6) is 0.277. The minimum absolute atomic E-state index is 0.171. The second-order valence-corrected chi connectivity index (χ2v) is 5.91. The van der Waals surface area contributed by atoms with Crippen molar-refractivity contribution < 1.29 is 4.79 Å². The Morgan fingerprint density at radius 3 is 2.64 bits per heavy atom. The first-order valence-corrected chi connectivity index (χ1v) is 7.61. The Hall–Kier alpha value is -1.99. The fraction of sp³-hybridized carbons (Fsp3) is 0.267. The number of carbonyl (C=O) groups is 1. The van der Waals surface area contributed by atoms with Crippen molar-refractivity contribution >= 4 is 33.5 Å². The number of aromatic nitrogens is 2. The summed E-state index contributed by atoms with van der Waals surface area (Å²) in [6, 6.07) is 7.69. The van der Waals surface area contributed by atoms with Crippen LogP contribution < -0.4 is 10.6 Å². The number of halogens is 1. The van der Waals surface area contributed by atoms with Crippen LogP contribution in [0.4, 0.5) is 11.6 Å². The molecule has 22 heavy (non-hydrogen) atoms. The molecular weight excluding hydrogens is 346 g/mol. The highest BCUT2D eigenvalue weighted by molar-refractivity contribution is 9.10. The van der Waals surface area contributed by atoms with Crippen LogP contribution in [-0.2, 0) is 0 Å². The minimum atomic E-state index is -0.171. The molecule has 0 spiro atoms. The van der Waals surface area contributed by atoms with Crippen LogP contribution in [0.3, 0.4) is 0 Å². The summed E-state index contributed by atoms with van der Waals surface area (Å²) in [5.41, 5.74) is 1.32. The number of hydrogen-bond donors (Lipinski definition) is 2. The molecule has 1 aromatic heterocycles. The van der Waals surface area contributed by atoms with Gasteiger partial charge in [0, 0.05) is 35.6 Å². The molecule has 116 valence electrons. The molecule has 0 radical (unpaired) electrons. The number of nitrogens with one attached hydrogen (secondary N) is 2. The monoisotopic (exact) mass is 363 g/mol. The highest BCUT2D eigenvalue weighted by atomic mass is 79.9. The van der Waals surface area contributed by atoms with Crippen molar-refractivity contribution in [2.45, 2.75) is 0 Å². The van der Waals surface area contributed by atoms with Crippen molar-refractivity contribution in [1.29, 1.82) is 0 Å². The van der Waals surface area contributed by atoms with E-state index in [9.17, 15) is 4.79 Å². The van der Waals surface area contributed by atoms with E-state index in [4.69, 9.17) is 0 Å². The average Bonchev–Trinajstić information content (AvgIpc) is 2.47. The van der Waals surface area contributed by atoms with Crippen LogP contribution in [0, 0.1) is 0 Å². The van der Waals surface area contributed by atoms with Crippen molar-refractivity contribution in [3.05, 3.63) is 46.7 Å². The molecule has 2 rings (SSSR count). The van der Waals surface area contributed by atoms with Crippen LogP contribution >= 0.6 is 15.9 Å². The third-order valence-corrected chi connectivity index (χ3v) is 3.33. The number of rotatable bonds is 6. The van der Waals surface area contributed by atoms with Gasteiger partial charge in [0.25, 0.3) is 5.91 Å². The second kappa shape index (κ2) is 7.86. The van der Waals surface area contributed by atoms with E-state index in [0.717, 1.165) is 16.7 Å². The highest BCUT2D eigenvalue weighted by Crippen LogP contribution is 2.18. The molecule has 0 atom stereocenters. The Bertz CT molecular complexity index is 630. The molecule has 0 aliphatic rings. The quantitative estimate of drug-likeness (QED) is 0.823. The lowest BCUT2D eigenvalue weighted by atomic mass is 10.3. The first-order valence-electron chi connectivity index (χ1n) is 6.82. The normalized spacial score (nSPS) is 10.5. The van der Waals surface area contributed by atoms with Gasteiger partial charge in [0.1, 0.15) is 0 Å². The Balaban J connectivity index is 1.93. The van der Waals surface area contributed by atoms with Gasteiger partial charge in [-0.15, -0.1) is 0 Å². The number of benzene rings is 1. The van der Waals surface area contributed by atoms with Gasteiger partial charge in [0.2, 0.25) is 5.95 Å². The fourth-order valence-electron chi connectivity index (χ4n) is 1.70. The van der Waals surface area contributed by atoms with Gasteiger partial charge < -0.3 is 15.5 Å². The zero-order valence-corrected chi connectivity index (χ0v) is 14.1. The molecule has 2 aromatic rings. The van der Waals surface area contributed by atoms with Crippen LogP contribution in [-0.4, -0.2) is 48.0 Å². The zero-order valence-electron chi connectivity index (χ0n) is 12.5. The lowest BCUT2D eigenvalue weighted by Gasteiger charge is -2.10. The van der Waals surface area contributed by atoms with Gasteiger partial charge in [-0.1, -0.05) is 22.0 Å². The predicted molar refractivity (Wildman–Crippen MR) is 90.3 cm³/mol. The molecule has 1 amide bonds. The molecule has 0 aliphatic heterocycles. The Labute approximate surface area is 138 Å². The lowest BCUT2D eigenvalue weighted by Crippen LogP contribution is -2.31. The summed E-state index contributed by atoms with van der Waals surface area (Å²) in [5, 5.41) is 5.90. The van der Waals surface area contributed by atoms with Crippen molar-refractivity contribution in [3.63, 3.8) is 0 Å². The molecule has 0 saturated heterocycles. The first-order chi connectivity index (χ1) is 10.5.